The zero-order valence-electron chi connectivity index (χ0n) is 25.0. The van der Waals surface area contributed by atoms with Crippen LogP contribution in [0.4, 0.5) is 0 Å². The van der Waals surface area contributed by atoms with Crippen LogP contribution in [0.25, 0.3) is 0 Å². The molecule has 2 heterocycles. The molecule has 0 unspecified atom stereocenters. The minimum absolute atomic E-state index is 0.000640. The van der Waals surface area contributed by atoms with E-state index in [9.17, 15) is 24.9 Å². The number of nitrogens with zero attached hydrogens (tertiary/aromatic N) is 1. The number of hydrogen-bond acceptors (Lipinski definition) is 7. The van der Waals surface area contributed by atoms with Crippen molar-refractivity contribution in [1.29, 1.82) is 0 Å². The normalized spacial score (nSPS) is 39.6. The Bertz CT molecular complexity index is 1540. The van der Waals surface area contributed by atoms with Crippen molar-refractivity contribution in [2.24, 2.45) is 35.6 Å². The van der Waals surface area contributed by atoms with E-state index in [-0.39, 0.29) is 30.1 Å². The highest BCUT2D eigenvalue weighted by Gasteiger charge is 2.76. The molecule has 43 heavy (non-hydrogen) atoms. The molecule has 3 N–H and O–H groups in total. The van der Waals surface area contributed by atoms with Crippen LogP contribution in [0.2, 0.25) is 0 Å². The number of Topliss-reactive ketones (excluding diaryl/α,β-unsaturated/α-hetero) is 1. The number of aliphatic hydroxyl groups is 3. The average molecular weight is 588 g/mol. The molecule has 0 spiro atoms. The highest BCUT2D eigenvalue weighted by Crippen LogP contribution is 2.70. The lowest BCUT2D eigenvalue weighted by molar-refractivity contribution is -0.202. The van der Waals surface area contributed by atoms with Crippen molar-refractivity contribution in [3.63, 3.8) is 0 Å². The summed E-state index contributed by atoms with van der Waals surface area (Å²) in [6.07, 6.45) is 8.54. The molecule has 2 aromatic rings. The number of aromatic nitrogens is 1. The first kappa shape index (κ1) is 28.9. The summed E-state index contributed by atoms with van der Waals surface area (Å²) in [7, 11) is 1.93. The van der Waals surface area contributed by atoms with Gasteiger partial charge in [0.05, 0.1) is 24.5 Å². The van der Waals surface area contributed by atoms with E-state index in [1.807, 2.05) is 54.2 Å². The number of aryl methyl sites for hydroxylation is 1. The van der Waals surface area contributed by atoms with Crippen LogP contribution in [0.3, 0.4) is 0 Å². The minimum atomic E-state index is -1.38. The fourth-order valence-corrected chi connectivity index (χ4v) is 9.87. The minimum Gasteiger partial charge on any atom is -0.393 e. The van der Waals surface area contributed by atoms with Crippen LogP contribution >= 0.6 is 0 Å². The van der Waals surface area contributed by atoms with Gasteiger partial charge in [-0.05, 0) is 78.8 Å². The second kappa shape index (κ2) is 10.1. The largest absolute Gasteiger partial charge is 0.393 e. The van der Waals surface area contributed by atoms with Gasteiger partial charge < -0.3 is 29.4 Å². The first-order chi connectivity index (χ1) is 20.5. The molecular formula is C35H41NO7. The lowest BCUT2D eigenvalue weighted by Crippen LogP contribution is -2.63. The Morgan fingerprint density at radius 3 is 2.70 bits per heavy atom. The number of allylic oxidation sites excluding steroid dienone is 4. The second-order valence-corrected chi connectivity index (χ2v) is 13.9. The van der Waals surface area contributed by atoms with E-state index >= 15 is 0 Å². The van der Waals surface area contributed by atoms with Crippen LogP contribution < -0.4 is 0 Å². The van der Waals surface area contributed by atoms with Crippen LogP contribution in [0, 0.1) is 28.6 Å². The molecule has 0 bridgehead atoms. The average Bonchev–Trinajstić information content (AvgIpc) is 3.61. The smallest absolute Gasteiger partial charge is 0.200 e. The molecule has 1 aliphatic heterocycles. The summed E-state index contributed by atoms with van der Waals surface area (Å²) in [4.78, 5) is 26.0. The topological polar surface area (TPSA) is 118 Å². The van der Waals surface area contributed by atoms with E-state index in [4.69, 9.17) is 9.47 Å². The number of rotatable bonds is 6. The number of benzene rings is 1. The van der Waals surface area contributed by atoms with Crippen LogP contribution in [-0.4, -0.2) is 55.9 Å². The Labute approximate surface area is 252 Å². The van der Waals surface area contributed by atoms with Gasteiger partial charge in [-0.2, -0.15) is 0 Å². The lowest BCUT2D eigenvalue weighted by atomic mass is 9.46. The first-order valence-electron chi connectivity index (χ1n) is 15.5. The van der Waals surface area contributed by atoms with Crippen molar-refractivity contribution in [3.05, 3.63) is 82.7 Å². The van der Waals surface area contributed by atoms with E-state index in [1.165, 1.54) is 0 Å². The third-order valence-electron chi connectivity index (χ3n) is 11.7. The van der Waals surface area contributed by atoms with Crippen molar-refractivity contribution in [1.82, 2.24) is 4.57 Å². The second-order valence-electron chi connectivity index (χ2n) is 13.9. The van der Waals surface area contributed by atoms with Gasteiger partial charge in [-0.15, -0.1) is 0 Å². The summed E-state index contributed by atoms with van der Waals surface area (Å²) in [5.74, 6) is -0.305. The number of ether oxygens (including phenoxy) is 2. The molecule has 1 aromatic heterocycles. The lowest BCUT2D eigenvalue weighted by Gasteiger charge is -2.59. The third-order valence-corrected chi connectivity index (χ3v) is 11.7. The Morgan fingerprint density at radius 1 is 1.14 bits per heavy atom. The summed E-state index contributed by atoms with van der Waals surface area (Å²) < 4.78 is 15.4. The van der Waals surface area contributed by atoms with Gasteiger partial charge >= 0.3 is 0 Å². The number of fused-ring (bicyclic) bond motifs is 7. The van der Waals surface area contributed by atoms with E-state index in [2.05, 4.69) is 13.8 Å². The van der Waals surface area contributed by atoms with E-state index in [0.29, 0.717) is 19.3 Å². The molecule has 1 saturated heterocycles. The summed E-state index contributed by atoms with van der Waals surface area (Å²) in [5, 5.41) is 31.6. The molecule has 3 saturated carbocycles. The molecule has 1 aromatic carbocycles. The summed E-state index contributed by atoms with van der Waals surface area (Å²) in [5.41, 5.74) is 2.34. The van der Waals surface area contributed by atoms with Gasteiger partial charge in [0.25, 0.3) is 0 Å². The Kier molecular flexibility index (Phi) is 6.76. The molecule has 8 heteroatoms. The molecule has 5 aliphatic rings. The van der Waals surface area contributed by atoms with Crippen LogP contribution in [0.15, 0.2) is 60.3 Å². The standard InChI is InChI=1S/C35H41NO7/c1-33-10-9-24(39)14-23(33)7-8-25-26-15-30-35(29(41)19-38,34(26,2)16-28(40)31(25)33)43-32(42-30)27-13-22(17-36(27)3)12-20-5-4-6-21(11-20)18-37/h4-6,9-11,13-14,17,25-26,28,30-32,37-38,40H,7-8,12,15-16,18-19H2,1-3H3/t25-,26-,28-,30+,31+,32+,33-,34-,35+/m0/s1. The SMILES string of the molecule is Cn1cc(Cc2cccc(CO)c2)cc1[C@@H]1O[C@@H]2C[C@H]3[C@@H]4CCC5=CC(=O)C=C[C@]5(C)[C@H]4[C@@H](O)C[C@]3(C)[C@]2(C(=O)CO)O1. The molecule has 4 fully saturated rings. The van der Waals surface area contributed by atoms with E-state index in [1.54, 1.807) is 12.2 Å². The van der Waals surface area contributed by atoms with Crippen LogP contribution in [0.5, 0.6) is 0 Å². The van der Waals surface area contributed by atoms with E-state index in [0.717, 1.165) is 40.8 Å². The van der Waals surface area contributed by atoms with Gasteiger partial charge in [0.15, 0.2) is 17.2 Å². The first-order valence-corrected chi connectivity index (χ1v) is 15.5. The van der Waals surface area contributed by atoms with Gasteiger partial charge in [-0.1, -0.05) is 49.8 Å². The maximum atomic E-state index is 13.8. The highest BCUT2D eigenvalue weighted by atomic mass is 16.7. The fraction of sp³-hybridized carbons (Fsp3) is 0.543. The molecule has 7 rings (SSSR count). The van der Waals surface area contributed by atoms with Crippen molar-refractivity contribution >= 4 is 11.6 Å². The van der Waals surface area contributed by atoms with E-state index < -0.39 is 47.3 Å². The number of carbonyl (C=O) groups is 2. The quantitative estimate of drug-likeness (QED) is 0.472. The van der Waals surface area contributed by atoms with Crippen molar-refractivity contribution in [3.8, 4) is 0 Å². The molecule has 228 valence electrons. The predicted molar refractivity (Wildman–Crippen MR) is 157 cm³/mol. The predicted octanol–water partition coefficient (Wildman–Crippen LogP) is 3.71. The van der Waals surface area contributed by atoms with Gasteiger partial charge in [0, 0.05) is 30.0 Å². The highest BCUT2D eigenvalue weighted by molar-refractivity contribution is 6.01. The van der Waals surface area contributed by atoms with Crippen LogP contribution in [-0.2, 0) is 39.1 Å². The molecule has 4 aliphatic carbocycles. The number of aliphatic hydroxyl groups excluding tert-OH is 3. The fourth-order valence-electron chi connectivity index (χ4n) is 9.87. The Morgan fingerprint density at radius 2 is 1.93 bits per heavy atom. The molecule has 9 atom stereocenters. The number of hydrogen-bond donors (Lipinski definition) is 3. The van der Waals surface area contributed by atoms with Gasteiger partial charge in [-0.3, -0.25) is 9.59 Å². The molecule has 8 nitrogen and oxygen atoms in total. The summed E-state index contributed by atoms with van der Waals surface area (Å²) >= 11 is 0. The number of carbonyl (C=O) groups excluding carboxylic acids is 2. The zero-order chi connectivity index (χ0) is 30.3. The van der Waals surface area contributed by atoms with Gasteiger partial charge in [0.1, 0.15) is 6.61 Å². The summed E-state index contributed by atoms with van der Waals surface area (Å²) in [6.45, 7) is 3.51. The van der Waals surface area contributed by atoms with Crippen LogP contribution in [0.1, 0.15) is 68.2 Å². The third kappa shape index (κ3) is 4.07. The Hall–Kier alpha value is -2.88. The van der Waals surface area contributed by atoms with Crippen molar-refractivity contribution in [2.45, 2.75) is 76.7 Å². The van der Waals surface area contributed by atoms with Gasteiger partial charge in [0.2, 0.25) is 6.29 Å². The molecular weight excluding hydrogens is 546 g/mol. The monoisotopic (exact) mass is 587 g/mol. The maximum Gasteiger partial charge on any atom is 0.200 e. The van der Waals surface area contributed by atoms with Crippen molar-refractivity contribution < 1.29 is 34.4 Å². The molecule has 0 radical (unpaired) electrons. The van der Waals surface area contributed by atoms with Crippen molar-refractivity contribution in [2.75, 3.05) is 6.61 Å². The maximum absolute atomic E-state index is 13.8. The Balaban J connectivity index is 1.20. The summed E-state index contributed by atoms with van der Waals surface area (Å²) in [6, 6.07) is 9.88. The number of ketones is 2. The zero-order valence-corrected chi connectivity index (χ0v) is 25.0. The van der Waals surface area contributed by atoms with Gasteiger partial charge in [-0.25, -0.2) is 0 Å². The molecule has 0 amide bonds.